The molecule has 1 unspecified atom stereocenters. The van der Waals surface area contributed by atoms with Crippen LogP contribution in [-0.2, 0) is 11.2 Å². The number of rotatable bonds is 4. The number of aromatic nitrogens is 3. The van der Waals surface area contributed by atoms with E-state index >= 15 is 0 Å². The molecule has 0 aliphatic carbocycles. The van der Waals surface area contributed by atoms with Gasteiger partial charge in [0.05, 0.1) is 13.5 Å². The predicted molar refractivity (Wildman–Crippen MR) is 101 cm³/mol. The number of hydrogen-bond acceptors (Lipinski definition) is 4. The SMILES string of the molecule is COc1ccccc1CC(=O)N1CCC(c2cc3nc(C)cc(=O)n3[nH]2)C1. The Hall–Kier alpha value is -3.09. The number of para-hydroxylation sites is 1. The molecule has 1 saturated heterocycles. The van der Waals surface area contributed by atoms with E-state index in [2.05, 4.69) is 10.1 Å². The van der Waals surface area contributed by atoms with Crippen LogP contribution in [0.5, 0.6) is 5.75 Å². The van der Waals surface area contributed by atoms with Gasteiger partial charge in [-0.15, -0.1) is 0 Å². The van der Waals surface area contributed by atoms with E-state index in [1.54, 1.807) is 7.11 Å². The number of amides is 1. The van der Waals surface area contributed by atoms with E-state index in [-0.39, 0.29) is 17.4 Å². The van der Waals surface area contributed by atoms with Crippen LogP contribution in [-0.4, -0.2) is 45.6 Å². The zero-order valence-corrected chi connectivity index (χ0v) is 15.4. The maximum Gasteiger partial charge on any atom is 0.272 e. The molecule has 0 radical (unpaired) electrons. The Labute approximate surface area is 156 Å². The van der Waals surface area contributed by atoms with Crippen molar-refractivity contribution in [3.8, 4) is 5.75 Å². The van der Waals surface area contributed by atoms with Gasteiger partial charge in [-0.2, -0.15) is 0 Å². The normalized spacial score (nSPS) is 16.8. The molecule has 1 fully saturated rings. The lowest BCUT2D eigenvalue weighted by Crippen LogP contribution is -2.30. The Bertz CT molecular complexity index is 1050. The van der Waals surface area contributed by atoms with E-state index in [1.165, 1.54) is 10.6 Å². The summed E-state index contributed by atoms with van der Waals surface area (Å²) in [6.07, 6.45) is 1.18. The van der Waals surface area contributed by atoms with Gasteiger partial charge < -0.3 is 9.64 Å². The fourth-order valence-corrected chi connectivity index (χ4v) is 3.70. The van der Waals surface area contributed by atoms with Crippen LogP contribution in [0, 0.1) is 6.92 Å². The van der Waals surface area contributed by atoms with E-state index in [9.17, 15) is 9.59 Å². The van der Waals surface area contributed by atoms with Crippen LogP contribution in [0.4, 0.5) is 0 Å². The summed E-state index contributed by atoms with van der Waals surface area (Å²) in [5.41, 5.74) is 3.04. The number of aryl methyl sites for hydroxylation is 1. The highest BCUT2D eigenvalue weighted by Crippen LogP contribution is 2.28. The van der Waals surface area contributed by atoms with Crippen LogP contribution in [0.25, 0.3) is 5.65 Å². The number of ether oxygens (including phenoxy) is 1. The molecule has 4 rings (SSSR count). The van der Waals surface area contributed by atoms with Gasteiger partial charge in [-0.05, 0) is 19.4 Å². The highest BCUT2D eigenvalue weighted by Gasteiger charge is 2.29. The summed E-state index contributed by atoms with van der Waals surface area (Å²) in [6, 6.07) is 11.0. The molecule has 0 spiro atoms. The Morgan fingerprint density at radius 2 is 2.15 bits per heavy atom. The number of carbonyl (C=O) groups is 1. The summed E-state index contributed by atoms with van der Waals surface area (Å²) in [5, 5.41) is 3.14. The quantitative estimate of drug-likeness (QED) is 0.765. The number of likely N-dealkylation sites (tertiary alicyclic amines) is 1. The van der Waals surface area contributed by atoms with Gasteiger partial charge in [0.1, 0.15) is 5.75 Å². The number of carbonyl (C=O) groups excluding carboxylic acids is 1. The number of aromatic amines is 1. The maximum atomic E-state index is 12.7. The van der Waals surface area contributed by atoms with Gasteiger partial charge in [0.15, 0.2) is 5.65 Å². The standard InChI is InChI=1S/C20H22N4O3/c1-13-9-20(26)24-18(21-13)11-16(22-24)15-7-8-23(12-15)19(25)10-14-5-3-4-6-17(14)27-2/h3-6,9,11,15,22H,7-8,10,12H2,1-2H3. The summed E-state index contributed by atoms with van der Waals surface area (Å²) in [5.74, 6) is 0.996. The van der Waals surface area contributed by atoms with Crippen LogP contribution in [0.2, 0.25) is 0 Å². The van der Waals surface area contributed by atoms with Gasteiger partial charge in [-0.25, -0.2) is 9.50 Å². The minimum Gasteiger partial charge on any atom is -0.496 e. The number of hydrogen-bond donors (Lipinski definition) is 1. The lowest BCUT2D eigenvalue weighted by molar-refractivity contribution is -0.129. The van der Waals surface area contributed by atoms with Crippen molar-refractivity contribution in [3.63, 3.8) is 0 Å². The fourth-order valence-electron chi connectivity index (χ4n) is 3.70. The first-order chi connectivity index (χ1) is 13.0. The molecular weight excluding hydrogens is 344 g/mol. The minimum absolute atomic E-state index is 0.0873. The van der Waals surface area contributed by atoms with Crippen molar-refractivity contribution in [2.75, 3.05) is 20.2 Å². The average Bonchev–Trinajstić information content (AvgIpc) is 3.29. The van der Waals surface area contributed by atoms with Crippen molar-refractivity contribution in [2.45, 2.75) is 25.7 Å². The molecule has 27 heavy (non-hydrogen) atoms. The molecule has 1 aromatic carbocycles. The van der Waals surface area contributed by atoms with Crippen molar-refractivity contribution in [1.82, 2.24) is 19.5 Å². The number of H-pyrrole nitrogens is 1. The van der Waals surface area contributed by atoms with Gasteiger partial charge in [0, 0.05) is 48.1 Å². The largest absolute Gasteiger partial charge is 0.496 e. The van der Waals surface area contributed by atoms with Crippen molar-refractivity contribution in [1.29, 1.82) is 0 Å². The Kier molecular flexibility index (Phi) is 4.43. The third kappa shape index (κ3) is 3.32. The molecule has 140 valence electrons. The minimum atomic E-state index is -0.120. The molecule has 1 aliphatic heterocycles. The number of benzene rings is 1. The molecule has 2 aromatic heterocycles. The van der Waals surface area contributed by atoms with E-state index in [1.807, 2.05) is 42.2 Å². The van der Waals surface area contributed by atoms with Gasteiger partial charge in [0.25, 0.3) is 5.56 Å². The lowest BCUT2D eigenvalue weighted by atomic mass is 10.1. The highest BCUT2D eigenvalue weighted by molar-refractivity contribution is 5.80. The van der Waals surface area contributed by atoms with E-state index in [0.29, 0.717) is 30.9 Å². The van der Waals surface area contributed by atoms with Gasteiger partial charge in [-0.3, -0.25) is 14.7 Å². The first kappa shape index (κ1) is 17.3. The van der Waals surface area contributed by atoms with Crippen LogP contribution in [0.3, 0.4) is 0 Å². The van der Waals surface area contributed by atoms with Crippen molar-refractivity contribution >= 4 is 11.6 Å². The smallest absolute Gasteiger partial charge is 0.272 e. The van der Waals surface area contributed by atoms with Gasteiger partial charge >= 0.3 is 0 Å². The summed E-state index contributed by atoms with van der Waals surface area (Å²) in [7, 11) is 1.61. The van der Waals surface area contributed by atoms with Crippen LogP contribution >= 0.6 is 0 Å². The van der Waals surface area contributed by atoms with Crippen molar-refractivity contribution in [3.05, 3.63) is 63.7 Å². The van der Waals surface area contributed by atoms with Crippen molar-refractivity contribution < 1.29 is 9.53 Å². The Balaban J connectivity index is 1.49. The fraction of sp³-hybridized carbons (Fsp3) is 0.350. The summed E-state index contributed by atoms with van der Waals surface area (Å²) in [4.78, 5) is 31.1. The molecule has 0 bridgehead atoms. The second kappa shape index (κ2) is 6.90. The van der Waals surface area contributed by atoms with Crippen LogP contribution in [0.15, 0.2) is 41.2 Å². The lowest BCUT2D eigenvalue weighted by Gasteiger charge is -2.17. The zero-order valence-electron chi connectivity index (χ0n) is 15.4. The number of fused-ring (bicyclic) bond motifs is 1. The molecule has 1 atom stereocenters. The molecular formula is C20H22N4O3. The first-order valence-electron chi connectivity index (χ1n) is 9.04. The average molecular weight is 366 g/mol. The number of nitrogens with zero attached hydrogens (tertiary/aromatic N) is 3. The summed E-state index contributed by atoms with van der Waals surface area (Å²) >= 11 is 0. The molecule has 3 heterocycles. The van der Waals surface area contributed by atoms with E-state index in [0.717, 1.165) is 23.4 Å². The zero-order chi connectivity index (χ0) is 19.0. The van der Waals surface area contributed by atoms with Crippen LogP contribution in [0.1, 0.15) is 29.3 Å². The first-order valence-corrected chi connectivity index (χ1v) is 9.04. The summed E-state index contributed by atoms with van der Waals surface area (Å²) < 4.78 is 6.80. The molecule has 7 heteroatoms. The predicted octanol–water partition coefficient (Wildman–Crippen LogP) is 1.90. The maximum absolute atomic E-state index is 12.7. The Morgan fingerprint density at radius 3 is 2.96 bits per heavy atom. The molecule has 0 saturated carbocycles. The second-order valence-corrected chi connectivity index (χ2v) is 6.95. The van der Waals surface area contributed by atoms with Crippen LogP contribution < -0.4 is 10.3 Å². The third-order valence-electron chi connectivity index (χ3n) is 5.11. The molecule has 3 aromatic rings. The number of methoxy groups -OCH3 is 1. The monoisotopic (exact) mass is 366 g/mol. The molecule has 1 aliphatic rings. The molecule has 7 nitrogen and oxygen atoms in total. The van der Waals surface area contributed by atoms with E-state index in [4.69, 9.17) is 4.74 Å². The summed E-state index contributed by atoms with van der Waals surface area (Å²) in [6.45, 7) is 3.14. The Morgan fingerprint density at radius 1 is 1.33 bits per heavy atom. The molecule has 1 N–H and O–H groups in total. The third-order valence-corrected chi connectivity index (χ3v) is 5.11. The highest BCUT2D eigenvalue weighted by atomic mass is 16.5. The van der Waals surface area contributed by atoms with E-state index < -0.39 is 0 Å². The second-order valence-electron chi connectivity index (χ2n) is 6.95. The van der Waals surface area contributed by atoms with Gasteiger partial charge in [0.2, 0.25) is 5.91 Å². The number of nitrogens with one attached hydrogen (secondary N) is 1. The van der Waals surface area contributed by atoms with Gasteiger partial charge in [-0.1, -0.05) is 18.2 Å². The topological polar surface area (TPSA) is 79.7 Å². The molecule has 1 amide bonds. The van der Waals surface area contributed by atoms with Crippen molar-refractivity contribution in [2.24, 2.45) is 0 Å².